The predicted molar refractivity (Wildman–Crippen MR) is 95.2 cm³/mol. The summed E-state index contributed by atoms with van der Waals surface area (Å²) in [5.41, 5.74) is 10.2. The number of nitrogens with zero attached hydrogens (tertiary/aromatic N) is 3. The first-order valence-electron chi connectivity index (χ1n) is 7.85. The Morgan fingerprint density at radius 3 is 2.75 bits per heavy atom. The van der Waals surface area contributed by atoms with Gasteiger partial charge in [0, 0.05) is 25.5 Å². The number of aromatic amines is 1. The maximum Gasteiger partial charge on any atom is 0.122 e. The van der Waals surface area contributed by atoms with Crippen molar-refractivity contribution in [1.82, 2.24) is 19.5 Å². The van der Waals surface area contributed by atoms with Crippen molar-refractivity contribution in [2.45, 2.75) is 12.8 Å². The van der Waals surface area contributed by atoms with Crippen molar-refractivity contribution >= 4 is 27.9 Å². The Hall–Kier alpha value is -3.15. The van der Waals surface area contributed by atoms with E-state index in [0.29, 0.717) is 5.56 Å². The second kappa shape index (κ2) is 5.49. The molecular formula is C18H18N6. The Morgan fingerprint density at radius 1 is 1.12 bits per heavy atom. The normalized spacial score (nSPS) is 11.4. The number of nitrogens with two attached hydrogens (primary N) is 1. The molecule has 0 bridgehead atoms. The van der Waals surface area contributed by atoms with Gasteiger partial charge in [0.05, 0.1) is 22.1 Å². The van der Waals surface area contributed by atoms with Gasteiger partial charge >= 0.3 is 0 Å². The number of nitrogen functional groups attached to an aromatic ring is 1. The van der Waals surface area contributed by atoms with Crippen molar-refractivity contribution in [2.24, 2.45) is 12.8 Å². The lowest BCUT2D eigenvalue weighted by Gasteiger charge is -2.00. The maximum atomic E-state index is 7.52. The zero-order chi connectivity index (χ0) is 16.7. The van der Waals surface area contributed by atoms with E-state index in [1.165, 1.54) is 0 Å². The van der Waals surface area contributed by atoms with Gasteiger partial charge in [0.25, 0.3) is 0 Å². The molecule has 0 fully saturated rings. The fourth-order valence-electron chi connectivity index (χ4n) is 3.00. The van der Waals surface area contributed by atoms with E-state index in [4.69, 9.17) is 16.1 Å². The summed E-state index contributed by atoms with van der Waals surface area (Å²) in [7, 11) is 2.04. The molecular weight excluding hydrogens is 300 g/mol. The van der Waals surface area contributed by atoms with Crippen LogP contribution in [0.2, 0.25) is 0 Å². The molecule has 0 amide bonds. The Morgan fingerprint density at radius 2 is 1.96 bits per heavy atom. The highest BCUT2D eigenvalue weighted by atomic mass is 15.1. The highest BCUT2D eigenvalue weighted by Crippen LogP contribution is 2.17. The molecule has 0 radical (unpaired) electrons. The number of aryl methyl sites for hydroxylation is 3. The van der Waals surface area contributed by atoms with Gasteiger partial charge < -0.3 is 15.3 Å². The van der Waals surface area contributed by atoms with Crippen LogP contribution in [-0.2, 0) is 19.9 Å². The number of hydrogen-bond acceptors (Lipinski definition) is 3. The monoisotopic (exact) mass is 318 g/mol. The number of benzene rings is 2. The average molecular weight is 318 g/mol. The van der Waals surface area contributed by atoms with Crippen LogP contribution in [0.15, 0.2) is 42.5 Å². The van der Waals surface area contributed by atoms with Crippen molar-refractivity contribution in [1.29, 1.82) is 5.41 Å². The van der Waals surface area contributed by atoms with Crippen LogP contribution < -0.4 is 5.73 Å². The Kier molecular flexibility index (Phi) is 3.30. The third-order valence-electron chi connectivity index (χ3n) is 4.31. The van der Waals surface area contributed by atoms with E-state index in [0.717, 1.165) is 46.6 Å². The Labute approximate surface area is 138 Å². The summed E-state index contributed by atoms with van der Waals surface area (Å²) in [4.78, 5) is 12.6. The van der Waals surface area contributed by atoms with Crippen molar-refractivity contribution in [3.63, 3.8) is 0 Å². The highest BCUT2D eigenvalue weighted by Gasteiger charge is 2.09. The Bertz CT molecular complexity index is 1060. The summed E-state index contributed by atoms with van der Waals surface area (Å²) in [5.74, 6) is 2.02. The van der Waals surface area contributed by atoms with Gasteiger partial charge in [-0.15, -0.1) is 0 Å². The van der Waals surface area contributed by atoms with Crippen LogP contribution >= 0.6 is 0 Å². The second-order valence-electron chi connectivity index (χ2n) is 5.90. The van der Waals surface area contributed by atoms with E-state index in [-0.39, 0.29) is 5.84 Å². The zero-order valence-corrected chi connectivity index (χ0v) is 13.4. The summed E-state index contributed by atoms with van der Waals surface area (Å²) in [6, 6.07) is 13.7. The van der Waals surface area contributed by atoms with Crippen molar-refractivity contribution in [3.8, 4) is 0 Å². The number of hydrogen-bond donors (Lipinski definition) is 3. The third kappa shape index (κ3) is 2.42. The van der Waals surface area contributed by atoms with E-state index in [1.54, 1.807) is 0 Å². The predicted octanol–water partition coefficient (Wildman–Crippen LogP) is 2.52. The van der Waals surface area contributed by atoms with Crippen LogP contribution in [0.5, 0.6) is 0 Å². The number of para-hydroxylation sites is 2. The lowest BCUT2D eigenvalue weighted by Crippen LogP contribution is -2.10. The largest absolute Gasteiger partial charge is 0.384 e. The van der Waals surface area contributed by atoms with E-state index in [2.05, 4.69) is 20.6 Å². The minimum absolute atomic E-state index is 0.0627. The summed E-state index contributed by atoms with van der Waals surface area (Å²) in [6.45, 7) is 0. The van der Waals surface area contributed by atoms with Gasteiger partial charge in [0.1, 0.15) is 17.5 Å². The lowest BCUT2D eigenvalue weighted by atomic mass is 10.2. The van der Waals surface area contributed by atoms with Gasteiger partial charge in [-0.05, 0) is 30.3 Å². The summed E-state index contributed by atoms with van der Waals surface area (Å²) < 4.78 is 2.13. The van der Waals surface area contributed by atoms with E-state index < -0.39 is 0 Å². The average Bonchev–Trinajstić information content (AvgIpc) is 3.13. The molecule has 6 heteroatoms. The highest BCUT2D eigenvalue weighted by molar-refractivity contribution is 5.97. The first kappa shape index (κ1) is 14.4. The molecule has 0 aliphatic heterocycles. The van der Waals surface area contributed by atoms with Crippen LogP contribution in [0.3, 0.4) is 0 Å². The van der Waals surface area contributed by atoms with Crippen molar-refractivity contribution in [3.05, 3.63) is 59.7 Å². The number of nitrogens with one attached hydrogen (secondary N) is 2. The minimum atomic E-state index is 0.0627. The molecule has 0 aliphatic carbocycles. The topological polar surface area (TPSA) is 96.4 Å². The van der Waals surface area contributed by atoms with E-state index in [1.807, 2.05) is 43.4 Å². The first-order chi connectivity index (χ1) is 11.6. The van der Waals surface area contributed by atoms with Gasteiger partial charge in [0.2, 0.25) is 0 Å². The van der Waals surface area contributed by atoms with E-state index in [9.17, 15) is 0 Å². The quantitative estimate of drug-likeness (QED) is 0.398. The maximum absolute atomic E-state index is 7.52. The van der Waals surface area contributed by atoms with Crippen LogP contribution in [0.4, 0.5) is 0 Å². The van der Waals surface area contributed by atoms with Crippen LogP contribution in [0.25, 0.3) is 22.1 Å². The number of amidine groups is 1. The smallest absolute Gasteiger partial charge is 0.122 e. The molecule has 0 spiro atoms. The number of rotatable bonds is 4. The molecule has 24 heavy (non-hydrogen) atoms. The number of aromatic nitrogens is 4. The number of H-pyrrole nitrogens is 1. The molecule has 2 heterocycles. The summed E-state index contributed by atoms with van der Waals surface area (Å²) >= 11 is 0. The minimum Gasteiger partial charge on any atom is -0.384 e. The SMILES string of the molecule is Cn1c(CCc2nc3ccc(C(=N)N)cc3[nH]2)nc2ccccc21. The van der Waals surface area contributed by atoms with Gasteiger partial charge in [0.15, 0.2) is 0 Å². The molecule has 2 aromatic heterocycles. The molecule has 120 valence electrons. The lowest BCUT2D eigenvalue weighted by molar-refractivity contribution is 0.768. The molecule has 0 saturated carbocycles. The molecule has 2 aromatic carbocycles. The second-order valence-corrected chi connectivity index (χ2v) is 5.90. The van der Waals surface area contributed by atoms with Crippen LogP contribution in [-0.4, -0.2) is 25.4 Å². The number of fused-ring (bicyclic) bond motifs is 2. The molecule has 6 nitrogen and oxygen atoms in total. The van der Waals surface area contributed by atoms with Gasteiger partial charge in [-0.3, -0.25) is 5.41 Å². The van der Waals surface area contributed by atoms with Crippen molar-refractivity contribution in [2.75, 3.05) is 0 Å². The fourth-order valence-corrected chi connectivity index (χ4v) is 3.00. The molecule has 4 aromatic rings. The summed E-state index contributed by atoms with van der Waals surface area (Å²) in [6.07, 6.45) is 1.59. The van der Waals surface area contributed by atoms with Gasteiger partial charge in [-0.25, -0.2) is 9.97 Å². The Balaban J connectivity index is 1.59. The zero-order valence-electron chi connectivity index (χ0n) is 13.4. The van der Waals surface area contributed by atoms with Gasteiger partial charge in [-0.1, -0.05) is 12.1 Å². The molecule has 0 saturated heterocycles. The first-order valence-corrected chi connectivity index (χ1v) is 7.85. The van der Waals surface area contributed by atoms with Crippen molar-refractivity contribution < 1.29 is 0 Å². The van der Waals surface area contributed by atoms with Crippen LogP contribution in [0, 0.1) is 5.41 Å². The number of imidazole rings is 2. The molecule has 4 N–H and O–H groups in total. The molecule has 4 rings (SSSR count). The fraction of sp³-hybridized carbons (Fsp3) is 0.167. The van der Waals surface area contributed by atoms with Crippen LogP contribution in [0.1, 0.15) is 17.2 Å². The standard InChI is InChI=1S/C18H18N6/c1-24-15-5-3-2-4-13(15)23-17(24)9-8-16-21-12-7-6-11(18(19)20)10-14(12)22-16/h2-7,10H,8-9H2,1H3,(H3,19,20)(H,21,22). The van der Waals surface area contributed by atoms with E-state index >= 15 is 0 Å². The third-order valence-corrected chi connectivity index (χ3v) is 4.31. The van der Waals surface area contributed by atoms with Gasteiger partial charge in [-0.2, -0.15) is 0 Å². The molecule has 0 atom stereocenters. The molecule has 0 unspecified atom stereocenters. The summed E-state index contributed by atoms with van der Waals surface area (Å²) in [5, 5.41) is 7.52. The molecule has 0 aliphatic rings.